The van der Waals surface area contributed by atoms with E-state index in [1.165, 1.54) is 5.56 Å². The Morgan fingerprint density at radius 2 is 1.58 bits per heavy atom. The summed E-state index contributed by atoms with van der Waals surface area (Å²) in [6, 6.07) is 10.5. The van der Waals surface area contributed by atoms with Crippen LogP contribution in [0.4, 0.5) is 15.3 Å². The van der Waals surface area contributed by atoms with Crippen LogP contribution in [0.15, 0.2) is 41.5 Å². The molecule has 238 valence electrons. The van der Waals surface area contributed by atoms with Gasteiger partial charge in [0, 0.05) is 30.1 Å². The average Bonchev–Trinajstić information content (AvgIpc) is 3.78. The Bertz CT molecular complexity index is 1640. The molecule has 9 nitrogen and oxygen atoms in total. The van der Waals surface area contributed by atoms with Crippen LogP contribution in [0.3, 0.4) is 0 Å². The SMILES string of the molecule is CC(C)(C)OC(=O)N1CCC[C@H]1C1=Nc2ccc(/C=C/c3ccc(-c4cnc([C@@H]5CCCN5C(=O)OC(C)(C)C)[nH]4)s3)cc2C1. The van der Waals surface area contributed by atoms with Crippen LogP contribution in [0.2, 0.25) is 0 Å². The summed E-state index contributed by atoms with van der Waals surface area (Å²) in [5.41, 5.74) is 4.23. The monoisotopic (exact) mass is 629 g/mol. The van der Waals surface area contributed by atoms with Crippen molar-refractivity contribution in [3.63, 3.8) is 0 Å². The number of ether oxygens (including phenoxy) is 2. The van der Waals surface area contributed by atoms with Gasteiger partial charge in [-0.3, -0.25) is 14.8 Å². The molecule has 0 aliphatic carbocycles. The number of imidazole rings is 1. The van der Waals surface area contributed by atoms with Crippen molar-refractivity contribution in [1.29, 1.82) is 0 Å². The summed E-state index contributed by atoms with van der Waals surface area (Å²) >= 11 is 1.69. The third-order valence-electron chi connectivity index (χ3n) is 8.13. The molecule has 6 rings (SSSR count). The second-order valence-corrected chi connectivity index (χ2v) is 15.2. The van der Waals surface area contributed by atoms with E-state index in [9.17, 15) is 9.59 Å². The van der Waals surface area contributed by atoms with Crippen molar-refractivity contribution >= 4 is 47.1 Å². The van der Waals surface area contributed by atoms with E-state index in [1.54, 1.807) is 16.2 Å². The van der Waals surface area contributed by atoms with Crippen LogP contribution < -0.4 is 0 Å². The molecular formula is C35H43N5O4S. The first-order valence-corrected chi connectivity index (χ1v) is 16.7. The Morgan fingerprint density at radius 1 is 0.911 bits per heavy atom. The Balaban J connectivity index is 1.09. The second kappa shape index (κ2) is 12.1. The fraction of sp³-hybridized carbons (Fsp3) is 0.486. The molecule has 0 bridgehead atoms. The van der Waals surface area contributed by atoms with E-state index in [1.807, 2.05) is 52.6 Å². The number of carbonyl (C=O) groups excluding carboxylic acids is 2. The number of aliphatic imine (C=N–C) groups is 1. The van der Waals surface area contributed by atoms with Crippen LogP contribution in [-0.4, -0.2) is 68.0 Å². The summed E-state index contributed by atoms with van der Waals surface area (Å²) in [7, 11) is 0. The number of carbonyl (C=O) groups is 2. The molecule has 2 atom stereocenters. The molecule has 3 aromatic rings. The molecule has 0 radical (unpaired) electrons. The summed E-state index contributed by atoms with van der Waals surface area (Å²) < 4.78 is 11.3. The Labute approximate surface area is 269 Å². The number of hydrogen-bond donors (Lipinski definition) is 1. The van der Waals surface area contributed by atoms with E-state index in [0.717, 1.165) is 70.3 Å². The Morgan fingerprint density at radius 3 is 2.27 bits per heavy atom. The number of benzene rings is 1. The summed E-state index contributed by atoms with van der Waals surface area (Å²) in [5, 5.41) is 0. The van der Waals surface area contributed by atoms with Gasteiger partial charge in [-0.05, 0) is 109 Å². The van der Waals surface area contributed by atoms with Gasteiger partial charge in [0.2, 0.25) is 0 Å². The standard InChI is InChI=1S/C35H43N5O4S/c1-34(2,3)43-32(41)39-17-7-9-28(39)26-20-23-19-22(12-15-25(23)37-26)11-13-24-14-16-30(45-24)27-21-36-31(38-27)29-10-8-18-40(29)33(42)44-35(4,5)6/h11-16,19,21,28-29H,7-10,17-18,20H2,1-6H3,(H,36,38)/b13-11+/t28-,29-/m0/s1. The lowest BCUT2D eigenvalue weighted by atomic mass is 10.0. The largest absolute Gasteiger partial charge is 0.444 e. The zero-order valence-corrected chi connectivity index (χ0v) is 27.9. The van der Waals surface area contributed by atoms with Crippen LogP contribution in [0, 0.1) is 0 Å². The number of fused-ring (bicyclic) bond motifs is 1. The molecule has 1 aromatic carbocycles. The molecular weight excluding hydrogens is 586 g/mol. The minimum atomic E-state index is -0.531. The molecule has 0 unspecified atom stereocenters. The smallest absolute Gasteiger partial charge is 0.410 e. The summed E-state index contributed by atoms with van der Waals surface area (Å²) in [6.45, 7) is 12.7. The van der Waals surface area contributed by atoms with Gasteiger partial charge in [0.15, 0.2) is 0 Å². The highest BCUT2D eigenvalue weighted by molar-refractivity contribution is 7.16. The van der Waals surface area contributed by atoms with Crippen LogP contribution in [0.5, 0.6) is 0 Å². The first kappa shape index (κ1) is 31.1. The Kier molecular flexibility index (Phi) is 8.37. The maximum atomic E-state index is 12.8. The zero-order chi connectivity index (χ0) is 31.9. The first-order valence-electron chi connectivity index (χ1n) is 15.9. The predicted octanol–water partition coefficient (Wildman–Crippen LogP) is 8.41. The topological polar surface area (TPSA) is 100 Å². The minimum Gasteiger partial charge on any atom is -0.444 e. The van der Waals surface area contributed by atoms with E-state index < -0.39 is 11.2 Å². The van der Waals surface area contributed by atoms with Gasteiger partial charge in [-0.25, -0.2) is 14.6 Å². The van der Waals surface area contributed by atoms with Crippen LogP contribution in [-0.2, 0) is 15.9 Å². The van der Waals surface area contributed by atoms with E-state index >= 15 is 0 Å². The van der Waals surface area contributed by atoms with Crippen LogP contribution >= 0.6 is 11.3 Å². The lowest BCUT2D eigenvalue weighted by Crippen LogP contribution is -2.43. The summed E-state index contributed by atoms with van der Waals surface area (Å²) in [4.78, 5) is 44.5. The molecule has 0 saturated carbocycles. The number of aromatic nitrogens is 2. The number of amides is 2. The summed E-state index contributed by atoms with van der Waals surface area (Å²) in [5.74, 6) is 0.797. The van der Waals surface area contributed by atoms with Gasteiger partial charge in [0.05, 0.1) is 34.5 Å². The second-order valence-electron chi connectivity index (χ2n) is 14.0. The van der Waals surface area contributed by atoms with Crippen molar-refractivity contribution < 1.29 is 19.1 Å². The highest BCUT2D eigenvalue weighted by Gasteiger charge is 2.37. The van der Waals surface area contributed by atoms with E-state index in [-0.39, 0.29) is 24.3 Å². The third kappa shape index (κ3) is 7.16. The number of nitrogens with zero attached hydrogens (tertiary/aromatic N) is 4. The van der Waals surface area contributed by atoms with Crippen molar-refractivity contribution in [1.82, 2.24) is 19.8 Å². The van der Waals surface area contributed by atoms with Gasteiger partial charge in [-0.1, -0.05) is 12.1 Å². The fourth-order valence-corrected chi connectivity index (χ4v) is 7.06. The zero-order valence-electron chi connectivity index (χ0n) is 27.1. The number of hydrogen-bond acceptors (Lipinski definition) is 7. The molecule has 2 amide bonds. The minimum absolute atomic E-state index is 0.00664. The third-order valence-corrected chi connectivity index (χ3v) is 9.21. The lowest BCUT2D eigenvalue weighted by molar-refractivity contribution is 0.0216. The average molecular weight is 630 g/mol. The number of H-pyrrole nitrogens is 1. The van der Waals surface area contributed by atoms with Crippen molar-refractivity contribution in [2.45, 2.75) is 96.9 Å². The number of thiophene rings is 1. The van der Waals surface area contributed by atoms with Crippen molar-refractivity contribution in [2.24, 2.45) is 4.99 Å². The molecule has 1 N–H and O–H groups in total. The highest BCUT2D eigenvalue weighted by atomic mass is 32.1. The molecule has 5 heterocycles. The van der Waals surface area contributed by atoms with E-state index in [4.69, 9.17) is 14.5 Å². The van der Waals surface area contributed by atoms with E-state index in [2.05, 4.69) is 52.5 Å². The molecule has 2 aromatic heterocycles. The first-order chi connectivity index (χ1) is 21.3. The van der Waals surface area contributed by atoms with Crippen LogP contribution in [0.1, 0.15) is 95.1 Å². The maximum absolute atomic E-state index is 12.8. The Hall–Kier alpha value is -3.92. The molecule has 10 heteroatoms. The molecule has 0 spiro atoms. The highest BCUT2D eigenvalue weighted by Crippen LogP contribution is 2.36. The van der Waals surface area contributed by atoms with E-state index in [0.29, 0.717) is 13.1 Å². The number of rotatable bonds is 5. The lowest BCUT2D eigenvalue weighted by Gasteiger charge is -2.28. The van der Waals surface area contributed by atoms with Crippen LogP contribution in [0.25, 0.3) is 22.7 Å². The molecule has 3 aliphatic rings. The maximum Gasteiger partial charge on any atom is 0.410 e. The fourth-order valence-electron chi connectivity index (χ4n) is 6.18. The predicted molar refractivity (Wildman–Crippen MR) is 179 cm³/mol. The quantitative estimate of drug-likeness (QED) is 0.305. The molecule has 45 heavy (non-hydrogen) atoms. The number of likely N-dealkylation sites (tertiary alicyclic amines) is 2. The van der Waals surface area contributed by atoms with Gasteiger partial charge in [-0.15, -0.1) is 11.3 Å². The normalized spacial score (nSPS) is 20.2. The van der Waals surface area contributed by atoms with Gasteiger partial charge in [0.1, 0.15) is 17.0 Å². The number of aromatic amines is 1. The molecule has 3 aliphatic heterocycles. The van der Waals surface area contributed by atoms with Crippen molar-refractivity contribution in [3.05, 3.63) is 58.4 Å². The number of nitrogens with one attached hydrogen (secondary N) is 1. The van der Waals surface area contributed by atoms with Crippen molar-refractivity contribution in [2.75, 3.05) is 13.1 Å². The van der Waals surface area contributed by atoms with Gasteiger partial charge < -0.3 is 14.5 Å². The molecule has 2 saturated heterocycles. The van der Waals surface area contributed by atoms with Gasteiger partial charge in [0.25, 0.3) is 0 Å². The van der Waals surface area contributed by atoms with Crippen molar-refractivity contribution in [3.8, 4) is 10.6 Å². The summed E-state index contributed by atoms with van der Waals surface area (Å²) in [6.07, 6.45) is 9.98. The van der Waals surface area contributed by atoms with Gasteiger partial charge in [-0.2, -0.15) is 0 Å². The van der Waals surface area contributed by atoms with Gasteiger partial charge >= 0.3 is 12.2 Å². The molecule has 2 fully saturated rings.